The zero-order chi connectivity index (χ0) is 16.4. The minimum Gasteiger partial charge on any atom is -0.312 e. The summed E-state index contributed by atoms with van der Waals surface area (Å²) in [6.45, 7) is 0.797. The summed E-state index contributed by atoms with van der Waals surface area (Å²) in [7, 11) is 0. The van der Waals surface area contributed by atoms with Crippen molar-refractivity contribution in [3.63, 3.8) is 0 Å². The van der Waals surface area contributed by atoms with E-state index in [0.717, 1.165) is 24.6 Å². The average molecular weight is 340 g/mol. The summed E-state index contributed by atoms with van der Waals surface area (Å²) in [6, 6.07) is 13.7. The molecule has 1 N–H and O–H groups in total. The van der Waals surface area contributed by atoms with Crippen LogP contribution in [0.15, 0.2) is 48.5 Å². The third-order valence-corrected chi connectivity index (χ3v) is 4.34. The fourth-order valence-electron chi connectivity index (χ4n) is 2.83. The second-order valence-electron chi connectivity index (χ2n) is 5.79. The van der Waals surface area contributed by atoms with Gasteiger partial charge in [-0.25, -0.2) is 0 Å². The molecule has 3 rings (SSSR count). The molecular weight excluding hydrogens is 323 g/mol. The lowest BCUT2D eigenvalue weighted by atomic mass is 10.0. The fourth-order valence-corrected chi connectivity index (χ4v) is 2.94. The topological polar surface area (TPSA) is 12.0 Å². The Labute approximate surface area is 138 Å². The van der Waals surface area contributed by atoms with Gasteiger partial charge in [0.05, 0.1) is 5.56 Å². The Balaban J connectivity index is 1.73. The molecule has 2 aromatic rings. The summed E-state index contributed by atoms with van der Waals surface area (Å²) in [6.07, 6.45) is -3.23. The second kappa shape index (κ2) is 6.54. The highest BCUT2D eigenvalue weighted by molar-refractivity contribution is 6.18. The first-order valence-corrected chi connectivity index (χ1v) is 8.09. The number of hydrogen-bond donors (Lipinski definition) is 1. The molecule has 0 heterocycles. The van der Waals surface area contributed by atoms with Gasteiger partial charge in [0.2, 0.25) is 0 Å². The summed E-state index contributed by atoms with van der Waals surface area (Å²) in [5, 5.41) is 3.37. The maximum atomic E-state index is 12.8. The molecule has 0 bridgehead atoms. The molecule has 0 saturated heterocycles. The number of halogens is 4. The van der Waals surface area contributed by atoms with Crippen molar-refractivity contribution in [1.82, 2.24) is 5.32 Å². The number of alkyl halides is 4. The summed E-state index contributed by atoms with van der Waals surface area (Å²) in [4.78, 5) is 0. The van der Waals surface area contributed by atoms with Crippen molar-refractivity contribution < 1.29 is 13.2 Å². The lowest BCUT2D eigenvalue weighted by Crippen LogP contribution is -2.20. The van der Waals surface area contributed by atoms with Crippen molar-refractivity contribution >= 4 is 11.6 Å². The SMILES string of the molecule is FC(F)(F)c1cccc(-c2ccc([C@@H]3C[C@H]3NCCCl)cc2)c1. The van der Waals surface area contributed by atoms with E-state index in [1.54, 1.807) is 6.07 Å². The molecule has 1 fully saturated rings. The zero-order valence-electron chi connectivity index (χ0n) is 12.4. The molecule has 23 heavy (non-hydrogen) atoms. The van der Waals surface area contributed by atoms with Crippen LogP contribution in [0.1, 0.15) is 23.5 Å². The monoisotopic (exact) mass is 339 g/mol. The molecule has 1 aliphatic carbocycles. The van der Waals surface area contributed by atoms with Gasteiger partial charge in [-0.1, -0.05) is 36.4 Å². The van der Waals surface area contributed by atoms with Crippen LogP contribution in [0.5, 0.6) is 0 Å². The standard InChI is InChI=1S/C18H17ClF3N/c19-8-9-23-17-11-16(17)13-6-4-12(5-7-13)14-2-1-3-15(10-14)18(20,21)22/h1-7,10,16-17,23H,8-9,11H2/t16-,17+/m0/s1. The molecule has 0 aliphatic heterocycles. The molecule has 5 heteroatoms. The van der Waals surface area contributed by atoms with Gasteiger partial charge in [0, 0.05) is 24.4 Å². The van der Waals surface area contributed by atoms with Gasteiger partial charge in [-0.05, 0) is 35.2 Å². The largest absolute Gasteiger partial charge is 0.416 e. The predicted molar refractivity (Wildman–Crippen MR) is 86.7 cm³/mol. The number of nitrogens with one attached hydrogen (secondary N) is 1. The van der Waals surface area contributed by atoms with Crippen LogP contribution in [0, 0.1) is 0 Å². The highest BCUT2D eigenvalue weighted by atomic mass is 35.5. The van der Waals surface area contributed by atoms with E-state index < -0.39 is 11.7 Å². The van der Waals surface area contributed by atoms with Gasteiger partial charge in [-0.3, -0.25) is 0 Å². The predicted octanol–water partition coefficient (Wildman–Crippen LogP) is 5.06. The van der Waals surface area contributed by atoms with Gasteiger partial charge in [0.25, 0.3) is 0 Å². The van der Waals surface area contributed by atoms with Crippen molar-refractivity contribution in [3.05, 3.63) is 59.7 Å². The lowest BCUT2D eigenvalue weighted by Gasteiger charge is -2.09. The van der Waals surface area contributed by atoms with Crippen LogP contribution in [0.25, 0.3) is 11.1 Å². The van der Waals surface area contributed by atoms with Gasteiger partial charge in [0.15, 0.2) is 0 Å². The van der Waals surface area contributed by atoms with Gasteiger partial charge >= 0.3 is 6.18 Å². The summed E-state index contributed by atoms with van der Waals surface area (Å²) < 4.78 is 38.4. The van der Waals surface area contributed by atoms with E-state index in [0.29, 0.717) is 23.4 Å². The van der Waals surface area contributed by atoms with Crippen LogP contribution in [-0.2, 0) is 6.18 Å². The Kier molecular flexibility index (Phi) is 4.64. The average Bonchev–Trinajstić information content (AvgIpc) is 3.32. The molecule has 2 aromatic carbocycles. The second-order valence-corrected chi connectivity index (χ2v) is 6.17. The summed E-state index contributed by atoms with van der Waals surface area (Å²) in [5.41, 5.74) is 1.98. The smallest absolute Gasteiger partial charge is 0.312 e. The minimum absolute atomic E-state index is 0.466. The van der Waals surface area contributed by atoms with E-state index in [9.17, 15) is 13.2 Å². The number of rotatable bonds is 5. The first-order chi connectivity index (χ1) is 11.0. The molecule has 0 radical (unpaired) electrons. The van der Waals surface area contributed by atoms with Crippen molar-refractivity contribution in [2.75, 3.05) is 12.4 Å². The Morgan fingerprint density at radius 2 is 1.78 bits per heavy atom. The van der Waals surface area contributed by atoms with Crippen molar-refractivity contribution in [2.24, 2.45) is 0 Å². The van der Waals surface area contributed by atoms with E-state index in [1.807, 2.05) is 24.3 Å². The highest BCUT2D eigenvalue weighted by Gasteiger charge is 2.37. The number of benzene rings is 2. The Morgan fingerprint density at radius 1 is 1.04 bits per heavy atom. The van der Waals surface area contributed by atoms with Crippen molar-refractivity contribution in [3.8, 4) is 11.1 Å². The van der Waals surface area contributed by atoms with Gasteiger partial charge in [-0.2, -0.15) is 13.2 Å². The zero-order valence-corrected chi connectivity index (χ0v) is 13.2. The Hall–Kier alpha value is -1.52. The van der Waals surface area contributed by atoms with Crippen LogP contribution >= 0.6 is 11.6 Å². The van der Waals surface area contributed by atoms with Crippen LogP contribution in [0.3, 0.4) is 0 Å². The molecule has 0 amide bonds. The first-order valence-electron chi connectivity index (χ1n) is 7.56. The summed E-state index contributed by atoms with van der Waals surface area (Å²) in [5.74, 6) is 1.08. The van der Waals surface area contributed by atoms with Gasteiger partial charge < -0.3 is 5.32 Å². The number of hydrogen-bond acceptors (Lipinski definition) is 1. The van der Waals surface area contributed by atoms with Crippen molar-refractivity contribution in [2.45, 2.75) is 24.6 Å². The quantitative estimate of drug-likeness (QED) is 0.751. The molecular formula is C18H17ClF3N. The first kappa shape index (κ1) is 16.3. The third-order valence-electron chi connectivity index (χ3n) is 4.15. The van der Waals surface area contributed by atoms with Gasteiger partial charge in [-0.15, -0.1) is 11.6 Å². The van der Waals surface area contributed by atoms with Crippen molar-refractivity contribution in [1.29, 1.82) is 0 Å². The van der Waals surface area contributed by atoms with Crippen LogP contribution in [-0.4, -0.2) is 18.5 Å². The van der Waals surface area contributed by atoms with E-state index in [-0.39, 0.29) is 0 Å². The Bertz CT molecular complexity index is 667. The van der Waals surface area contributed by atoms with E-state index in [1.165, 1.54) is 17.7 Å². The molecule has 1 nitrogen and oxygen atoms in total. The van der Waals surface area contributed by atoms with E-state index in [4.69, 9.17) is 11.6 Å². The van der Waals surface area contributed by atoms with Crippen LogP contribution < -0.4 is 5.32 Å². The van der Waals surface area contributed by atoms with Crippen LogP contribution in [0.4, 0.5) is 13.2 Å². The third kappa shape index (κ3) is 3.88. The fraction of sp³-hybridized carbons (Fsp3) is 0.333. The molecule has 0 spiro atoms. The van der Waals surface area contributed by atoms with Gasteiger partial charge in [0.1, 0.15) is 0 Å². The lowest BCUT2D eigenvalue weighted by molar-refractivity contribution is -0.137. The van der Waals surface area contributed by atoms with Crippen LogP contribution in [0.2, 0.25) is 0 Å². The molecule has 1 saturated carbocycles. The van der Waals surface area contributed by atoms with E-state index >= 15 is 0 Å². The molecule has 1 aliphatic rings. The normalized spacial score (nSPS) is 20.5. The minimum atomic E-state index is -4.31. The molecule has 0 aromatic heterocycles. The van der Waals surface area contributed by atoms with E-state index in [2.05, 4.69) is 5.32 Å². The highest BCUT2D eigenvalue weighted by Crippen LogP contribution is 2.41. The molecule has 0 unspecified atom stereocenters. The Morgan fingerprint density at radius 3 is 2.43 bits per heavy atom. The maximum Gasteiger partial charge on any atom is 0.416 e. The molecule has 122 valence electrons. The molecule has 2 atom stereocenters. The maximum absolute atomic E-state index is 12.8. The summed E-state index contributed by atoms with van der Waals surface area (Å²) >= 11 is 5.66.